The Bertz CT molecular complexity index is 508. The van der Waals surface area contributed by atoms with Crippen LogP contribution >= 0.6 is 0 Å². The molecule has 0 saturated carbocycles. The molecule has 0 aliphatic carbocycles. The summed E-state index contributed by atoms with van der Waals surface area (Å²) in [6.07, 6.45) is 3.79. The van der Waals surface area contributed by atoms with E-state index in [9.17, 15) is 24.9 Å². The highest BCUT2D eigenvalue weighted by Crippen LogP contribution is 2.37. The first-order valence-corrected chi connectivity index (χ1v) is 7.25. The zero-order valence-corrected chi connectivity index (χ0v) is 12.6. The molecule has 0 spiro atoms. The molecule has 0 bridgehead atoms. The molecule has 1 aromatic carbocycles. The highest BCUT2D eigenvalue weighted by Gasteiger charge is 2.12. The second-order valence-electron chi connectivity index (χ2n) is 5.00. The molecular weight excluding hydrogens is 288 g/mol. The third-order valence-corrected chi connectivity index (χ3v) is 3.03. The van der Waals surface area contributed by atoms with Crippen molar-refractivity contribution in [2.45, 2.75) is 39.0 Å². The van der Waals surface area contributed by atoms with Crippen LogP contribution in [0.5, 0.6) is 17.2 Å². The number of unbranched alkanes of at least 4 members (excludes halogenated alkanes) is 3. The van der Waals surface area contributed by atoms with Crippen LogP contribution in [0.3, 0.4) is 0 Å². The lowest BCUT2D eigenvalue weighted by Gasteiger charge is -2.08. The zero-order valence-electron chi connectivity index (χ0n) is 12.6. The first kappa shape index (κ1) is 17.6. The second kappa shape index (κ2) is 8.76. The number of carbonyl (C=O) groups excluding carboxylic acids is 2. The van der Waals surface area contributed by atoms with Gasteiger partial charge in [0, 0.05) is 24.4 Å². The monoisotopic (exact) mass is 310 g/mol. The predicted molar refractivity (Wildman–Crippen MR) is 81.8 cm³/mol. The van der Waals surface area contributed by atoms with E-state index in [4.69, 9.17) is 0 Å². The van der Waals surface area contributed by atoms with E-state index < -0.39 is 23.2 Å². The molecule has 0 heterocycles. The number of carbonyl (C=O) groups is 2. The van der Waals surface area contributed by atoms with E-state index in [0.29, 0.717) is 6.54 Å². The number of phenols is 3. The van der Waals surface area contributed by atoms with Crippen molar-refractivity contribution in [1.82, 2.24) is 5.32 Å². The second-order valence-corrected chi connectivity index (χ2v) is 5.00. The molecule has 7 nitrogen and oxygen atoms in total. The molecule has 0 aliphatic rings. The van der Waals surface area contributed by atoms with E-state index >= 15 is 0 Å². The Balaban J connectivity index is 2.38. The van der Waals surface area contributed by atoms with Crippen molar-refractivity contribution < 1.29 is 24.9 Å². The maximum Gasteiger partial charge on any atom is 0.233 e. The van der Waals surface area contributed by atoms with Crippen molar-refractivity contribution in [3.63, 3.8) is 0 Å². The van der Waals surface area contributed by atoms with Crippen LogP contribution in [0.15, 0.2) is 12.1 Å². The van der Waals surface area contributed by atoms with E-state index in [0.717, 1.165) is 37.8 Å². The lowest BCUT2D eigenvalue weighted by Crippen LogP contribution is -2.28. The van der Waals surface area contributed by atoms with Crippen molar-refractivity contribution in [3.8, 4) is 17.2 Å². The summed E-state index contributed by atoms with van der Waals surface area (Å²) in [4.78, 5) is 23.2. The molecular formula is C15H22N2O5. The van der Waals surface area contributed by atoms with Gasteiger partial charge < -0.3 is 26.0 Å². The fourth-order valence-electron chi connectivity index (χ4n) is 1.87. The molecule has 0 fully saturated rings. The Morgan fingerprint density at radius 3 is 2.23 bits per heavy atom. The summed E-state index contributed by atoms with van der Waals surface area (Å²) >= 11 is 0. The van der Waals surface area contributed by atoms with E-state index in [1.54, 1.807) is 0 Å². The summed E-state index contributed by atoms with van der Waals surface area (Å²) in [7, 11) is 0. The average Bonchev–Trinajstić information content (AvgIpc) is 2.44. The number of aromatic hydroxyl groups is 3. The Kier molecular flexibility index (Phi) is 7.01. The number of hydrogen-bond acceptors (Lipinski definition) is 5. The molecule has 0 aliphatic heterocycles. The fourth-order valence-corrected chi connectivity index (χ4v) is 1.87. The van der Waals surface area contributed by atoms with Crippen LogP contribution in [0.4, 0.5) is 5.69 Å². The largest absolute Gasteiger partial charge is 0.504 e. The molecule has 1 aromatic rings. The lowest BCUT2D eigenvalue weighted by molar-refractivity contribution is -0.126. The summed E-state index contributed by atoms with van der Waals surface area (Å²) < 4.78 is 0. The van der Waals surface area contributed by atoms with Crippen molar-refractivity contribution in [1.29, 1.82) is 0 Å². The number of rotatable bonds is 8. The maximum atomic E-state index is 11.7. The molecule has 1 rings (SSSR count). The van der Waals surface area contributed by atoms with Crippen LogP contribution in [-0.2, 0) is 9.59 Å². The molecule has 122 valence electrons. The van der Waals surface area contributed by atoms with Crippen molar-refractivity contribution in [2.24, 2.45) is 0 Å². The Morgan fingerprint density at radius 2 is 1.64 bits per heavy atom. The highest BCUT2D eigenvalue weighted by atomic mass is 16.3. The standard InChI is InChI=1S/C15H22N2O5/c1-2-3-4-5-6-16-13(20)9-14(21)17-10-7-11(18)15(22)12(19)8-10/h7-8,18-19,22H,2-6,9H2,1H3,(H,16,20)(H,17,21). The van der Waals surface area contributed by atoms with Gasteiger partial charge in [0.05, 0.1) is 0 Å². The first-order valence-electron chi connectivity index (χ1n) is 7.25. The number of amides is 2. The van der Waals surface area contributed by atoms with E-state index in [1.807, 2.05) is 0 Å². The van der Waals surface area contributed by atoms with Crippen molar-refractivity contribution in [3.05, 3.63) is 12.1 Å². The van der Waals surface area contributed by atoms with Crippen LogP contribution in [0, 0.1) is 0 Å². The van der Waals surface area contributed by atoms with Crippen LogP contribution < -0.4 is 10.6 Å². The summed E-state index contributed by atoms with van der Waals surface area (Å²) in [6, 6.07) is 2.16. The van der Waals surface area contributed by atoms with Gasteiger partial charge in [0.25, 0.3) is 0 Å². The van der Waals surface area contributed by atoms with Crippen LogP contribution in [0.2, 0.25) is 0 Å². The van der Waals surface area contributed by atoms with E-state index in [-0.39, 0.29) is 18.0 Å². The molecule has 5 N–H and O–H groups in total. The van der Waals surface area contributed by atoms with Crippen LogP contribution in [0.1, 0.15) is 39.0 Å². The molecule has 7 heteroatoms. The van der Waals surface area contributed by atoms with Gasteiger partial charge in [-0.25, -0.2) is 0 Å². The average molecular weight is 310 g/mol. The van der Waals surface area contributed by atoms with Crippen molar-refractivity contribution in [2.75, 3.05) is 11.9 Å². The summed E-state index contributed by atoms with van der Waals surface area (Å²) in [5.74, 6) is -2.74. The molecule has 0 unspecified atom stereocenters. The number of benzene rings is 1. The van der Waals surface area contributed by atoms with Gasteiger partial charge in [-0.1, -0.05) is 26.2 Å². The van der Waals surface area contributed by atoms with Crippen LogP contribution in [-0.4, -0.2) is 33.7 Å². The Labute approximate surface area is 129 Å². The third kappa shape index (κ3) is 5.90. The molecule has 0 aromatic heterocycles. The van der Waals surface area contributed by atoms with Gasteiger partial charge in [0.15, 0.2) is 17.2 Å². The number of anilines is 1. The molecule has 0 saturated heterocycles. The summed E-state index contributed by atoms with van der Waals surface area (Å²) in [5.41, 5.74) is 0.0912. The van der Waals surface area contributed by atoms with E-state index in [1.165, 1.54) is 0 Å². The van der Waals surface area contributed by atoms with Gasteiger partial charge in [-0.3, -0.25) is 9.59 Å². The summed E-state index contributed by atoms with van der Waals surface area (Å²) in [5, 5.41) is 32.8. The minimum atomic E-state index is -0.664. The van der Waals surface area contributed by atoms with Gasteiger partial charge >= 0.3 is 0 Å². The SMILES string of the molecule is CCCCCCNC(=O)CC(=O)Nc1cc(O)c(O)c(O)c1. The van der Waals surface area contributed by atoms with Crippen molar-refractivity contribution >= 4 is 17.5 Å². The van der Waals surface area contributed by atoms with Gasteiger partial charge in [-0.15, -0.1) is 0 Å². The number of nitrogens with one attached hydrogen (secondary N) is 2. The highest BCUT2D eigenvalue weighted by molar-refractivity contribution is 6.03. The fraction of sp³-hybridized carbons (Fsp3) is 0.467. The maximum absolute atomic E-state index is 11.7. The zero-order chi connectivity index (χ0) is 16.5. The molecule has 0 atom stereocenters. The van der Waals surface area contributed by atoms with Gasteiger partial charge in [-0.2, -0.15) is 0 Å². The minimum Gasteiger partial charge on any atom is -0.504 e. The van der Waals surface area contributed by atoms with Crippen LogP contribution in [0.25, 0.3) is 0 Å². The number of hydrogen-bond donors (Lipinski definition) is 5. The topological polar surface area (TPSA) is 119 Å². The molecule has 0 radical (unpaired) electrons. The smallest absolute Gasteiger partial charge is 0.233 e. The van der Waals surface area contributed by atoms with E-state index in [2.05, 4.69) is 17.6 Å². The normalized spacial score (nSPS) is 10.2. The van der Waals surface area contributed by atoms with Gasteiger partial charge in [0.1, 0.15) is 6.42 Å². The molecule has 2 amide bonds. The Hall–Kier alpha value is -2.44. The quantitative estimate of drug-likeness (QED) is 0.217. The number of phenolic OH excluding ortho intramolecular Hbond substituents is 3. The first-order chi connectivity index (χ1) is 10.4. The minimum absolute atomic E-state index is 0.0912. The lowest BCUT2D eigenvalue weighted by atomic mass is 10.2. The molecule has 22 heavy (non-hydrogen) atoms. The van der Waals surface area contributed by atoms with Gasteiger partial charge in [0.2, 0.25) is 11.8 Å². The summed E-state index contributed by atoms with van der Waals surface area (Å²) in [6.45, 7) is 2.63. The van der Waals surface area contributed by atoms with Gasteiger partial charge in [-0.05, 0) is 6.42 Å². The third-order valence-electron chi connectivity index (χ3n) is 3.03. The predicted octanol–water partition coefficient (Wildman–Crippen LogP) is 1.83. The Morgan fingerprint density at radius 1 is 1.00 bits per heavy atom.